The monoisotopic (exact) mass is 249 g/mol. The first-order valence-electron chi connectivity index (χ1n) is 6.66. The second kappa shape index (κ2) is 6.00. The van der Waals surface area contributed by atoms with E-state index in [1.165, 1.54) is 25.8 Å². The largest absolute Gasteiger partial charge is 0.368 e. The number of aromatic nitrogens is 2. The van der Waals surface area contributed by atoms with Crippen LogP contribution in [0.5, 0.6) is 0 Å². The average molecular weight is 249 g/mol. The van der Waals surface area contributed by atoms with Gasteiger partial charge in [0.25, 0.3) is 0 Å². The van der Waals surface area contributed by atoms with Crippen LogP contribution in [0.3, 0.4) is 0 Å². The molecule has 1 aliphatic rings. The summed E-state index contributed by atoms with van der Waals surface area (Å²) in [5, 5.41) is 6.42. The lowest BCUT2D eigenvalue weighted by atomic mass is 10.0. The van der Waals surface area contributed by atoms with Gasteiger partial charge in [0.15, 0.2) is 0 Å². The molecule has 5 heteroatoms. The minimum Gasteiger partial charge on any atom is -0.368 e. The van der Waals surface area contributed by atoms with Crippen LogP contribution in [0.1, 0.15) is 24.8 Å². The lowest BCUT2D eigenvalue weighted by Crippen LogP contribution is -2.40. The number of aryl methyl sites for hydroxylation is 1. The first-order valence-corrected chi connectivity index (χ1v) is 6.66. The number of nitrogens with zero attached hydrogens (tertiary/aromatic N) is 3. The van der Waals surface area contributed by atoms with Crippen LogP contribution < -0.4 is 10.6 Å². The number of hydrogen-bond acceptors (Lipinski definition) is 5. The molecule has 1 aliphatic heterocycles. The molecule has 0 spiro atoms. The zero-order valence-electron chi connectivity index (χ0n) is 11.5. The molecule has 1 fully saturated rings. The molecular formula is C13H23N5. The Morgan fingerprint density at radius 1 is 1.44 bits per heavy atom. The Kier molecular flexibility index (Phi) is 4.36. The zero-order valence-corrected chi connectivity index (χ0v) is 11.5. The lowest BCUT2D eigenvalue weighted by Gasteiger charge is -2.32. The van der Waals surface area contributed by atoms with Crippen molar-refractivity contribution in [1.29, 1.82) is 0 Å². The van der Waals surface area contributed by atoms with Crippen LogP contribution in [0.25, 0.3) is 0 Å². The molecule has 0 aromatic carbocycles. The first kappa shape index (κ1) is 13.1. The second-order valence-electron chi connectivity index (χ2n) is 4.99. The van der Waals surface area contributed by atoms with Crippen molar-refractivity contribution in [2.45, 2.75) is 32.2 Å². The zero-order chi connectivity index (χ0) is 13.0. The highest BCUT2D eigenvalue weighted by Crippen LogP contribution is 2.17. The number of nitrogens with one attached hydrogen (secondary N) is 2. The maximum atomic E-state index is 4.45. The van der Waals surface area contributed by atoms with Crippen molar-refractivity contribution in [2.75, 3.05) is 37.8 Å². The van der Waals surface area contributed by atoms with E-state index < -0.39 is 0 Å². The third kappa shape index (κ3) is 3.10. The highest BCUT2D eigenvalue weighted by molar-refractivity contribution is 5.46. The smallest absolute Gasteiger partial charge is 0.224 e. The molecule has 1 aromatic heterocycles. The van der Waals surface area contributed by atoms with Gasteiger partial charge >= 0.3 is 0 Å². The Labute approximate surface area is 109 Å². The number of likely N-dealkylation sites (tertiary alicyclic amines) is 1. The van der Waals surface area contributed by atoms with Crippen LogP contribution in [0.2, 0.25) is 0 Å². The van der Waals surface area contributed by atoms with Crippen LogP contribution in [0, 0.1) is 6.92 Å². The van der Waals surface area contributed by atoms with Gasteiger partial charge in [0.05, 0.1) is 0 Å². The normalized spacial score (nSPS) is 20.7. The fourth-order valence-corrected chi connectivity index (χ4v) is 2.36. The predicted molar refractivity (Wildman–Crippen MR) is 75.1 cm³/mol. The predicted octanol–water partition coefficient (Wildman–Crippen LogP) is 1.72. The maximum Gasteiger partial charge on any atom is 0.224 e. The van der Waals surface area contributed by atoms with Crippen molar-refractivity contribution in [1.82, 2.24) is 14.9 Å². The summed E-state index contributed by atoms with van der Waals surface area (Å²) in [6.07, 6.45) is 5.78. The molecule has 1 saturated heterocycles. The molecule has 0 aliphatic carbocycles. The SMILES string of the molecule is CNc1ncc(C)c(NCC2CCCCN2C)n1. The van der Waals surface area contributed by atoms with E-state index in [4.69, 9.17) is 0 Å². The van der Waals surface area contributed by atoms with E-state index in [0.29, 0.717) is 12.0 Å². The van der Waals surface area contributed by atoms with Gasteiger partial charge in [-0.1, -0.05) is 6.42 Å². The molecule has 0 radical (unpaired) electrons. The topological polar surface area (TPSA) is 53.1 Å². The summed E-state index contributed by atoms with van der Waals surface area (Å²) in [5.74, 6) is 1.61. The summed E-state index contributed by atoms with van der Waals surface area (Å²) in [7, 11) is 4.04. The maximum absolute atomic E-state index is 4.45. The Morgan fingerprint density at radius 3 is 3.00 bits per heavy atom. The molecule has 1 unspecified atom stereocenters. The van der Waals surface area contributed by atoms with Crippen molar-refractivity contribution >= 4 is 11.8 Å². The van der Waals surface area contributed by atoms with Crippen molar-refractivity contribution < 1.29 is 0 Å². The molecule has 0 bridgehead atoms. The molecule has 5 nitrogen and oxygen atoms in total. The summed E-state index contributed by atoms with van der Waals surface area (Å²) < 4.78 is 0. The lowest BCUT2D eigenvalue weighted by molar-refractivity contribution is 0.194. The Bertz CT molecular complexity index is 393. The Hall–Kier alpha value is -1.36. The van der Waals surface area contributed by atoms with E-state index >= 15 is 0 Å². The number of rotatable bonds is 4. The number of piperidine rings is 1. The molecular weight excluding hydrogens is 226 g/mol. The summed E-state index contributed by atoms with van der Waals surface area (Å²) in [6.45, 7) is 4.20. The average Bonchev–Trinajstić information content (AvgIpc) is 2.39. The molecule has 0 saturated carbocycles. The quantitative estimate of drug-likeness (QED) is 0.851. The van der Waals surface area contributed by atoms with Crippen molar-refractivity contribution in [3.8, 4) is 0 Å². The van der Waals surface area contributed by atoms with Crippen LogP contribution in [0.15, 0.2) is 6.20 Å². The van der Waals surface area contributed by atoms with Gasteiger partial charge in [-0.05, 0) is 33.4 Å². The fraction of sp³-hybridized carbons (Fsp3) is 0.692. The highest BCUT2D eigenvalue weighted by atomic mass is 15.2. The van der Waals surface area contributed by atoms with E-state index in [0.717, 1.165) is 17.9 Å². The highest BCUT2D eigenvalue weighted by Gasteiger charge is 2.18. The van der Waals surface area contributed by atoms with E-state index in [1.54, 1.807) is 0 Å². The van der Waals surface area contributed by atoms with Crippen LogP contribution in [-0.2, 0) is 0 Å². The van der Waals surface area contributed by atoms with Crippen LogP contribution in [-0.4, -0.2) is 48.1 Å². The molecule has 1 aromatic rings. The molecule has 1 atom stereocenters. The van der Waals surface area contributed by atoms with Gasteiger partial charge in [-0.3, -0.25) is 0 Å². The number of anilines is 2. The summed E-state index contributed by atoms with van der Waals surface area (Å²) >= 11 is 0. The third-order valence-electron chi connectivity index (χ3n) is 3.62. The molecule has 2 N–H and O–H groups in total. The summed E-state index contributed by atoms with van der Waals surface area (Å²) in [6, 6.07) is 0.617. The molecule has 100 valence electrons. The van der Waals surface area contributed by atoms with Gasteiger partial charge in [-0.15, -0.1) is 0 Å². The van der Waals surface area contributed by atoms with E-state index in [9.17, 15) is 0 Å². The molecule has 0 amide bonds. The Balaban J connectivity index is 1.96. The van der Waals surface area contributed by atoms with E-state index in [-0.39, 0.29) is 0 Å². The van der Waals surface area contributed by atoms with Crippen molar-refractivity contribution in [3.63, 3.8) is 0 Å². The van der Waals surface area contributed by atoms with Gasteiger partial charge < -0.3 is 15.5 Å². The van der Waals surface area contributed by atoms with Gasteiger partial charge in [0, 0.05) is 31.4 Å². The van der Waals surface area contributed by atoms with Gasteiger partial charge in [0.1, 0.15) is 5.82 Å². The summed E-state index contributed by atoms with van der Waals surface area (Å²) in [4.78, 5) is 11.1. The standard InChI is InChI=1S/C13H23N5/c1-10-8-16-13(14-2)17-12(10)15-9-11-6-4-5-7-18(11)3/h8,11H,4-7,9H2,1-3H3,(H2,14,15,16,17). The van der Waals surface area contributed by atoms with Gasteiger partial charge in [0.2, 0.25) is 5.95 Å². The third-order valence-corrected chi connectivity index (χ3v) is 3.62. The molecule has 2 heterocycles. The van der Waals surface area contributed by atoms with E-state index in [2.05, 4.69) is 32.5 Å². The number of likely N-dealkylation sites (N-methyl/N-ethyl adjacent to an activating group) is 1. The van der Waals surface area contributed by atoms with Gasteiger partial charge in [-0.2, -0.15) is 4.98 Å². The number of hydrogen-bond donors (Lipinski definition) is 2. The first-order chi connectivity index (χ1) is 8.70. The second-order valence-corrected chi connectivity index (χ2v) is 4.99. The Morgan fingerprint density at radius 2 is 2.28 bits per heavy atom. The fourth-order valence-electron chi connectivity index (χ4n) is 2.36. The van der Waals surface area contributed by atoms with Crippen LogP contribution in [0.4, 0.5) is 11.8 Å². The van der Waals surface area contributed by atoms with Crippen LogP contribution >= 0.6 is 0 Å². The minimum atomic E-state index is 0.617. The van der Waals surface area contributed by atoms with E-state index in [1.807, 2.05) is 20.2 Å². The van der Waals surface area contributed by atoms with Crippen molar-refractivity contribution in [3.05, 3.63) is 11.8 Å². The van der Waals surface area contributed by atoms with Crippen molar-refractivity contribution in [2.24, 2.45) is 0 Å². The van der Waals surface area contributed by atoms with Gasteiger partial charge in [-0.25, -0.2) is 4.98 Å². The molecule has 2 rings (SSSR count). The summed E-state index contributed by atoms with van der Waals surface area (Å²) in [5.41, 5.74) is 1.09. The molecule has 18 heavy (non-hydrogen) atoms. The minimum absolute atomic E-state index is 0.617.